The van der Waals surface area contributed by atoms with Crippen LogP contribution in [0.3, 0.4) is 0 Å². The molecule has 1 aromatic carbocycles. The molecule has 3 rings (SSSR count). The van der Waals surface area contributed by atoms with Gasteiger partial charge in [-0.2, -0.15) is 0 Å². The van der Waals surface area contributed by atoms with E-state index in [2.05, 4.69) is 21.4 Å². The summed E-state index contributed by atoms with van der Waals surface area (Å²) in [6, 6.07) is 7.94. The summed E-state index contributed by atoms with van der Waals surface area (Å²) < 4.78 is 6.16. The first-order chi connectivity index (χ1) is 10.6. The molecule has 0 aliphatic rings. The van der Waals surface area contributed by atoms with E-state index in [0.29, 0.717) is 11.0 Å². The standard InChI is InChI=1S/C16H15N3O2S/c1-9-6-15(21-3)17-8-12(9)11-4-5-13-14(7-11)22-16(19-13)18-10(2)20/h4-8H,1-3H3,(H,18,19,20). The van der Waals surface area contributed by atoms with Crippen molar-refractivity contribution in [3.8, 4) is 17.0 Å². The lowest BCUT2D eigenvalue weighted by molar-refractivity contribution is -0.114. The van der Waals surface area contributed by atoms with Crippen molar-refractivity contribution >= 4 is 32.6 Å². The number of hydrogen-bond acceptors (Lipinski definition) is 5. The maximum Gasteiger partial charge on any atom is 0.223 e. The van der Waals surface area contributed by atoms with Gasteiger partial charge in [-0.15, -0.1) is 0 Å². The van der Waals surface area contributed by atoms with Crippen LogP contribution in [0, 0.1) is 6.92 Å². The van der Waals surface area contributed by atoms with Crippen LogP contribution < -0.4 is 10.1 Å². The summed E-state index contributed by atoms with van der Waals surface area (Å²) in [7, 11) is 1.61. The minimum absolute atomic E-state index is 0.116. The number of ether oxygens (including phenoxy) is 1. The van der Waals surface area contributed by atoms with Crippen molar-refractivity contribution in [1.82, 2.24) is 9.97 Å². The van der Waals surface area contributed by atoms with Crippen LogP contribution in [0.5, 0.6) is 5.88 Å². The second-order valence-electron chi connectivity index (χ2n) is 4.92. The fraction of sp³-hybridized carbons (Fsp3) is 0.188. The Morgan fingerprint density at radius 3 is 2.82 bits per heavy atom. The molecule has 2 aromatic heterocycles. The molecule has 0 saturated carbocycles. The molecule has 2 heterocycles. The number of carbonyl (C=O) groups is 1. The van der Waals surface area contributed by atoms with Crippen molar-refractivity contribution in [1.29, 1.82) is 0 Å². The minimum Gasteiger partial charge on any atom is -0.481 e. The molecule has 22 heavy (non-hydrogen) atoms. The number of carbonyl (C=O) groups excluding carboxylic acids is 1. The lowest BCUT2D eigenvalue weighted by Gasteiger charge is -2.07. The highest BCUT2D eigenvalue weighted by Gasteiger charge is 2.09. The third-order valence-electron chi connectivity index (χ3n) is 3.28. The number of aryl methyl sites for hydroxylation is 1. The summed E-state index contributed by atoms with van der Waals surface area (Å²) in [5.41, 5.74) is 4.09. The van der Waals surface area contributed by atoms with Crippen LogP contribution >= 0.6 is 11.3 Å². The van der Waals surface area contributed by atoms with Gasteiger partial charge in [0.1, 0.15) is 0 Å². The molecule has 1 amide bonds. The average molecular weight is 313 g/mol. The molecule has 0 unspecified atom stereocenters. The van der Waals surface area contributed by atoms with Crippen LogP contribution in [-0.4, -0.2) is 23.0 Å². The third-order valence-corrected chi connectivity index (χ3v) is 4.21. The van der Waals surface area contributed by atoms with Gasteiger partial charge in [0.15, 0.2) is 5.13 Å². The molecule has 6 heteroatoms. The number of rotatable bonds is 3. The maximum absolute atomic E-state index is 11.1. The van der Waals surface area contributed by atoms with Crippen LogP contribution in [0.25, 0.3) is 21.3 Å². The van der Waals surface area contributed by atoms with Crippen molar-refractivity contribution in [3.05, 3.63) is 36.0 Å². The summed E-state index contributed by atoms with van der Waals surface area (Å²) in [6.45, 7) is 3.50. The fourth-order valence-corrected chi connectivity index (χ4v) is 3.19. The Morgan fingerprint density at radius 2 is 2.14 bits per heavy atom. The predicted octanol–water partition coefficient (Wildman–Crippen LogP) is 3.63. The van der Waals surface area contributed by atoms with Crippen LogP contribution in [-0.2, 0) is 4.79 Å². The molecule has 0 spiro atoms. The topological polar surface area (TPSA) is 64.1 Å². The molecule has 112 valence electrons. The number of aromatic nitrogens is 2. The van der Waals surface area contributed by atoms with E-state index in [1.54, 1.807) is 7.11 Å². The van der Waals surface area contributed by atoms with Gasteiger partial charge in [0, 0.05) is 24.8 Å². The van der Waals surface area contributed by atoms with E-state index in [4.69, 9.17) is 4.74 Å². The number of fused-ring (bicyclic) bond motifs is 1. The Kier molecular flexibility index (Phi) is 3.77. The lowest BCUT2D eigenvalue weighted by atomic mass is 10.0. The van der Waals surface area contributed by atoms with Crippen LogP contribution in [0.15, 0.2) is 30.5 Å². The van der Waals surface area contributed by atoms with Gasteiger partial charge in [-0.3, -0.25) is 4.79 Å². The van der Waals surface area contributed by atoms with Crippen molar-refractivity contribution in [2.24, 2.45) is 0 Å². The molecule has 3 aromatic rings. The van der Waals surface area contributed by atoms with Crippen LogP contribution in [0.2, 0.25) is 0 Å². The van der Waals surface area contributed by atoms with E-state index in [-0.39, 0.29) is 5.91 Å². The highest BCUT2D eigenvalue weighted by molar-refractivity contribution is 7.22. The summed E-state index contributed by atoms with van der Waals surface area (Å²) in [5, 5.41) is 3.33. The van der Waals surface area contributed by atoms with Gasteiger partial charge in [-0.1, -0.05) is 17.4 Å². The molecule has 0 aliphatic carbocycles. The molecule has 0 atom stereocenters. The number of benzene rings is 1. The molecule has 0 fully saturated rings. The van der Waals surface area contributed by atoms with Gasteiger partial charge in [0.05, 0.1) is 17.3 Å². The Balaban J connectivity index is 2.02. The zero-order chi connectivity index (χ0) is 15.7. The van der Waals surface area contributed by atoms with E-state index >= 15 is 0 Å². The van der Waals surface area contributed by atoms with Crippen molar-refractivity contribution in [2.75, 3.05) is 12.4 Å². The quantitative estimate of drug-likeness (QED) is 0.802. The first-order valence-electron chi connectivity index (χ1n) is 6.76. The highest BCUT2D eigenvalue weighted by Crippen LogP contribution is 2.32. The number of nitrogens with one attached hydrogen (secondary N) is 1. The zero-order valence-electron chi connectivity index (χ0n) is 12.5. The van der Waals surface area contributed by atoms with Crippen molar-refractivity contribution < 1.29 is 9.53 Å². The summed E-state index contributed by atoms with van der Waals surface area (Å²) in [5.74, 6) is 0.488. The summed E-state index contributed by atoms with van der Waals surface area (Å²) >= 11 is 1.46. The molecule has 0 aliphatic heterocycles. The first-order valence-corrected chi connectivity index (χ1v) is 7.57. The third kappa shape index (κ3) is 2.78. The monoisotopic (exact) mass is 313 g/mol. The number of hydrogen-bond donors (Lipinski definition) is 1. The molecule has 0 saturated heterocycles. The SMILES string of the molecule is COc1cc(C)c(-c2ccc3nc(NC(C)=O)sc3c2)cn1. The number of pyridine rings is 1. The first kappa shape index (κ1) is 14.5. The van der Waals surface area contributed by atoms with Crippen molar-refractivity contribution in [3.63, 3.8) is 0 Å². The van der Waals surface area contributed by atoms with Gasteiger partial charge in [0.25, 0.3) is 0 Å². The zero-order valence-corrected chi connectivity index (χ0v) is 13.3. The highest BCUT2D eigenvalue weighted by atomic mass is 32.1. The second kappa shape index (κ2) is 5.73. The Labute approximate surface area is 132 Å². The maximum atomic E-state index is 11.1. The van der Waals surface area contributed by atoms with E-state index < -0.39 is 0 Å². The molecule has 1 N–H and O–H groups in total. The smallest absolute Gasteiger partial charge is 0.223 e. The Bertz CT molecular complexity index is 858. The van der Waals surface area contributed by atoms with Gasteiger partial charge < -0.3 is 10.1 Å². The van der Waals surface area contributed by atoms with Crippen molar-refractivity contribution in [2.45, 2.75) is 13.8 Å². The molecule has 0 radical (unpaired) electrons. The largest absolute Gasteiger partial charge is 0.481 e. The van der Waals surface area contributed by atoms with Gasteiger partial charge >= 0.3 is 0 Å². The Hall–Kier alpha value is -2.47. The van der Waals surface area contributed by atoms with Gasteiger partial charge in [0.2, 0.25) is 11.8 Å². The number of anilines is 1. The van der Waals surface area contributed by atoms with E-state index in [1.165, 1.54) is 18.3 Å². The number of amides is 1. The van der Waals surface area contributed by atoms with E-state index in [0.717, 1.165) is 26.9 Å². The molecular formula is C16H15N3O2S. The van der Waals surface area contributed by atoms with Crippen LogP contribution in [0.1, 0.15) is 12.5 Å². The minimum atomic E-state index is -0.116. The van der Waals surface area contributed by atoms with Gasteiger partial charge in [-0.05, 0) is 30.2 Å². The molecule has 5 nitrogen and oxygen atoms in total. The van der Waals surface area contributed by atoms with Crippen LogP contribution in [0.4, 0.5) is 5.13 Å². The van der Waals surface area contributed by atoms with E-state index in [9.17, 15) is 4.79 Å². The number of thiazole rings is 1. The second-order valence-corrected chi connectivity index (χ2v) is 5.95. The average Bonchev–Trinajstić information content (AvgIpc) is 2.87. The predicted molar refractivity (Wildman–Crippen MR) is 88.4 cm³/mol. The summed E-state index contributed by atoms with van der Waals surface area (Å²) in [6.07, 6.45) is 1.81. The lowest BCUT2D eigenvalue weighted by Crippen LogP contribution is -2.04. The fourth-order valence-electron chi connectivity index (χ4n) is 2.24. The van der Waals surface area contributed by atoms with Gasteiger partial charge in [-0.25, -0.2) is 9.97 Å². The molecule has 0 bridgehead atoms. The normalized spacial score (nSPS) is 10.7. The molecular weight excluding hydrogens is 298 g/mol. The Morgan fingerprint density at radius 1 is 1.32 bits per heavy atom. The summed E-state index contributed by atoms with van der Waals surface area (Å²) in [4.78, 5) is 19.8. The van der Waals surface area contributed by atoms with E-state index in [1.807, 2.05) is 31.3 Å². The number of nitrogens with zero attached hydrogens (tertiary/aromatic N) is 2. The number of methoxy groups -OCH3 is 1.